The number of hydrogen-bond donors (Lipinski definition) is 0. The van der Waals surface area contributed by atoms with E-state index in [1.807, 2.05) is 42.5 Å². The minimum atomic E-state index is -0.830. The highest BCUT2D eigenvalue weighted by atomic mass is 16.5. The molecule has 0 N–H and O–H groups in total. The Hall–Kier alpha value is -3.53. The average Bonchev–Trinajstić information content (AvgIpc) is 2.62. The molecule has 0 heterocycles. The summed E-state index contributed by atoms with van der Waals surface area (Å²) in [4.78, 5) is 35.5. The van der Waals surface area contributed by atoms with Gasteiger partial charge in [0.15, 0.2) is 11.6 Å². The van der Waals surface area contributed by atoms with Gasteiger partial charge in [0.2, 0.25) is 0 Å². The normalized spacial score (nSPS) is 14.0. The van der Waals surface area contributed by atoms with E-state index in [4.69, 9.17) is 4.74 Å². The number of carbonyl (C=O) groups is 3. The zero-order valence-electron chi connectivity index (χ0n) is 13.1. The standard InChI is InChI=1S/C21H12O4/c22-16-8-9-19(23)18(12-16)21(24)25-20-7-3-6-15-10-13-4-1-2-5-14(13)11-17(15)20/h1-12H. The number of benzene rings is 3. The molecule has 0 spiro atoms. The van der Waals surface area contributed by atoms with Crippen LogP contribution in [0.5, 0.6) is 5.75 Å². The van der Waals surface area contributed by atoms with E-state index >= 15 is 0 Å². The van der Waals surface area contributed by atoms with Gasteiger partial charge in [-0.2, -0.15) is 0 Å². The summed E-state index contributed by atoms with van der Waals surface area (Å²) in [5.74, 6) is -1.42. The van der Waals surface area contributed by atoms with E-state index in [1.54, 1.807) is 12.1 Å². The second-order valence-corrected chi connectivity index (χ2v) is 5.72. The Morgan fingerprint density at radius 2 is 1.52 bits per heavy atom. The molecule has 0 unspecified atom stereocenters. The van der Waals surface area contributed by atoms with Crippen molar-refractivity contribution >= 4 is 39.1 Å². The van der Waals surface area contributed by atoms with Crippen molar-refractivity contribution in [1.82, 2.24) is 0 Å². The molecule has 0 saturated heterocycles. The number of allylic oxidation sites excluding steroid dienone is 3. The Kier molecular flexibility index (Phi) is 3.51. The van der Waals surface area contributed by atoms with Crippen LogP contribution in [0.2, 0.25) is 0 Å². The molecule has 4 heteroatoms. The maximum absolute atomic E-state index is 12.3. The van der Waals surface area contributed by atoms with Crippen molar-refractivity contribution in [3.63, 3.8) is 0 Å². The van der Waals surface area contributed by atoms with Crippen LogP contribution in [0.3, 0.4) is 0 Å². The van der Waals surface area contributed by atoms with Crippen LogP contribution in [0, 0.1) is 0 Å². The predicted octanol–water partition coefficient (Wildman–Crippen LogP) is 3.53. The van der Waals surface area contributed by atoms with E-state index in [2.05, 4.69) is 0 Å². The van der Waals surface area contributed by atoms with Gasteiger partial charge in [0.1, 0.15) is 11.3 Å². The van der Waals surface area contributed by atoms with Crippen molar-refractivity contribution in [1.29, 1.82) is 0 Å². The molecule has 0 amide bonds. The van der Waals surface area contributed by atoms with E-state index in [-0.39, 0.29) is 5.57 Å². The molecule has 1 aliphatic rings. The maximum atomic E-state index is 12.3. The molecule has 4 nitrogen and oxygen atoms in total. The number of rotatable bonds is 2. The zero-order valence-corrected chi connectivity index (χ0v) is 13.1. The summed E-state index contributed by atoms with van der Waals surface area (Å²) in [6, 6.07) is 17.2. The number of ketones is 2. The highest BCUT2D eigenvalue weighted by Gasteiger charge is 2.23. The van der Waals surface area contributed by atoms with Gasteiger partial charge in [0, 0.05) is 11.5 Å². The first-order chi connectivity index (χ1) is 12.1. The summed E-state index contributed by atoms with van der Waals surface area (Å²) < 4.78 is 5.42. The zero-order chi connectivity index (χ0) is 17.4. The molecule has 3 aromatic rings. The van der Waals surface area contributed by atoms with Gasteiger partial charge in [-0.05, 0) is 46.5 Å². The van der Waals surface area contributed by atoms with Gasteiger partial charge < -0.3 is 4.74 Å². The Morgan fingerprint density at radius 3 is 2.32 bits per heavy atom. The highest BCUT2D eigenvalue weighted by Crippen LogP contribution is 2.30. The van der Waals surface area contributed by atoms with E-state index in [9.17, 15) is 14.4 Å². The summed E-state index contributed by atoms with van der Waals surface area (Å²) in [6.07, 6.45) is 3.21. The van der Waals surface area contributed by atoms with Crippen LogP contribution < -0.4 is 4.74 Å². The molecule has 0 bridgehead atoms. The van der Waals surface area contributed by atoms with Crippen LogP contribution in [0.15, 0.2) is 78.4 Å². The fourth-order valence-corrected chi connectivity index (χ4v) is 2.85. The predicted molar refractivity (Wildman–Crippen MR) is 94.3 cm³/mol. The molecule has 0 atom stereocenters. The maximum Gasteiger partial charge on any atom is 0.347 e. The minimum Gasteiger partial charge on any atom is -0.422 e. The number of fused-ring (bicyclic) bond motifs is 2. The van der Waals surface area contributed by atoms with Crippen molar-refractivity contribution in [2.75, 3.05) is 0 Å². The monoisotopic (exact) mass is 328 g/mol. The van der Waals surface area contributed by atoms with E-state index in [0.29, 0.717) is 5.75 Å². The first-order valence-corrected chi connectivity index (χ1v) is 7.73. The topological polar surface area (TPSA) is 60.4 Å². The van der Waals surface area contributed by atoms with Gasteiger partial charge in [-0.3, -0.25) is 9.59 Å². The fourth-order valence-electron chi connectivity index (χ4n) is 2.85. The second kappa shape index (κ2) is 5.83. The molecule has 0 aliphatic heterocycles. The van der Waals surface area contributed by atoms with Crippen molar-refractivity contribution in [3.05, 3.63) is 78.4 Å². The second-order valence-electron chi connectivity index (χ2n) is 5.72. The van der Waals surface area contributed by atoms with Crippen LogP contribution in [0.4, 0.5) is 0 Å². The van der Waals surface area contributed by atoms with Crippen molar-refractivity contribution in [2.45, 2.75) is 0 Å². The van der Waals surface area contributed by atoms with Gasteiger partial charge in [-0.1, -0.05) is 36.4 Å². The van der Waals surface area contributed by atoms with Gasteiger partial charge in [0.05, 0.1) is 0 Å². The molecule has 0 radical (unpaired) electrons. The molecular formula is C21H12O4. The average molecular weight is 328 g/mol. The summed E-state index contributed by atoms with van der Waals surface area (Å²) in [7, 11) is 0. The Balaban J connectivity index is 1.76. The van der Waals surface area contributed by atoms with E-state index in [1.165, 1.54) is 0 Å². The third kappa shape index (κ3) is 2.74. The quantitative estimate of drug-likeness (QED) is 0.237. The largest absolute Gasteiger partial charge is 0.422 e. The molecule has 1 aliphatic carbocycles. The number of hydrogen-bond acceptors (Lipinski definition) is 4. The summed E-state index contributed by atoms with van der Waals surface area (Å²) in [5, 5.41) is 3.79. The summed E-state index contributed by atoms with van der Waals surface area (Å²) in [6.45, 7) is 0. The molecular weight excluding hydrogens is 316 g/mol. The molecule has 3 aromatic carbocycles. The van der Waals surface area contributed by atoms with E-state index in [0.717, 1.165) is 39.8 Å². The molecule has 0 saturated carbocycles. The fraction of sp³-hybridized carbons (Fsp3) is 0. The van der Waals surface area contributed by atoms with Gasteiger partial charge in [-0.15, -0.1) is 0 Å². The van der Waals surface area contributed by atoms with Crippen molar-refractivity contribution in [2.24, 2.45) is 0 Å². The third-order valence-electron chi connectivity index (χ3n) is 4.08. The summed E-state index contributed by atoms with van der Waals surface area (Å²) in [5.41, 5.74) is -0.259. The number of ether oxygens (including phenoxy) is 1. The van der Waals surface area contributed by atoms with Crippen LogP contribution >= 0.6 is 0 Å². The number of carbonyl (C=O) groups excluding carboxylic acids is 3. The Bertz CT molecular complexity index is 1120. The van der Waals surface area contributed by atoms with Crippen LogP contribution in [-0.4, -0.2) is 17.5 Å². The minimum absolute atomic E-state index is 0.259. The van der Waals surface area contributed by atoms with Gasteiger partial charge in [-0.25, -0.2) is 4.79 Å². The van der Waals surface area contributed by atoms with Crippen LogP contribution in [-0.2, 0) is 14.4 Å². The van der Waals surface area contributed by atoms with Gasteiger partial charge >= 0.3 is 5.97 Å². The number of esters is 1. The first kappa shape index (κ1) is 15.0. The first-order valence-electron chi connectivity index (χ1n) is 7.73. The lowest BCUT2D eigenvalue weighted by molar-refractivity contribution is -0.132. The molecule has 25 heavy (non-hydrogen) atoms. The molecule has 120 valence electrons. The smallest absolute Gasteiger partial charge is 0.347 e. The lowest BCUT2D eigenvalue weighted by atomic mass is 10.0. The van der Waals surface area contributed by atoms with Gasteiger partial charge in [0.25, 0.3) is 0 Å². The van der Waals surface area contributed by atoms with Crippen molar-refractivity contribution in [3.8, 4) is 5.75 Å². The molecule has 0 fully saturated rings. The Morgan fingerprint density at radius 1 is 0.800 bits per heavy atom. The van der Waals surface area contributed by atoms with Crippen LogP contribution in [0.1, 0.15) is 0 Å². The summed E-state index contributed by atoms with van der Waals surface area (Å²) >= 11 is 0. The Labute approximate surface area is 143 Å². The lowest BCUT2D eigenvalue weighted by Gasteiger charge is -2.10. The third-order valence-corrected chi connectivity index (χ3v) is 4.08. The van der Waals surface area contributed by atoms with E-state index < -0.39 is 17.5 Å². The lowest BCUT2D eigenvalue weighted by Crippen LogP contribution is -2.20. The molecule has 4 rings (SSSR count). The highest BCUT2D eigenvalue weighted by molar-refractivity contribution is 6.29. The van der Waals surface area contributed by atoms with Crippen LogP contribution in [0.25, 0.3) is 21.5 Å². The molecule has 0 aromatic heterocycles. The SMILES string of the molecule is O=C1C=CC(=O)C(C(=O)Oc2cccc3cc4ccccc4cc23)=C1. The van der Waals surface area contributed by atoms with Crippen molar-refractivity contribution < 1.29 is 19.1 Å².